The minimum absolute atomic E-state index is 0.201. The number of hydrogen-bond donors (Lipinski definition) is 0. The van der Waals surface area contributed by atoms with Crippen LogP contribution < -0.4 is 0 Å². The summed E-state index contributed by atoms with van der Waals surface area (Å²) in [5.74, 6) is 0. The highest BCUT2D eigenvalue weighted by Gasteiger charge is 2.21. The summed E-state index contributed by atoms with van der Waals surface area (Å²) in [6.45, 7) is 6.53. The van der Waals surface area contributed by atoms with Crippen molar-refractivity contribution in [2.24, 2.45) is 5.41 Å². The van der Waals surface area contributed by atoms with Crippen molar-refractivity contribution in [3.05, 3.63) is 16.6 Å². The summed E-state index contributed by atoms with van der Waals surface area (Å²) < 4.78 is 0. The average molecular weight is 218 g/mol. The Morgan fingerprint density at radius 3 is 2.69 bits per heavy atom. The molecule has 0 N–H and O–H groups in total. The van der Waals surface area contributed by atoms with Gasteiger partial charge in [-0.1, -0.05) is 20.8 Å². The molecule has 0 aliphatic heterocycles. The van der Waals surface area contributed by atoms with E-state index in [1.807, 2.05) is 11.7 Å². The maximum Gasteiger partial charge on any atom is 0.0794 e. The lowest BCUT2D eigenvalue weighted by atomic mass is 9.89. The number of aryl methyl sites for hydroxylation is 1. The van der Waals surface area contributed by atoms with Gasteiger partial charge in [0.2, 0.25) is 0 Å². The van der Waals surface area contributed by atoms with Crippen LogP contribution in [0.15, 0.2) is 11.7 Å². The lowest BCUT2D eigenvalue weighted by Gasteiger charge is -2.24. The summed E-state index contributed by atoms with van der Waals surface area (Å²) in [5.41, 5.74) is 2.07. The molecular formula is C10H16ClNS. The van der Waals surface area contributed by atoms with Crippen LogP contribution in [0.1, 0.15) is 32.1 Å². The van der Waals surface area contributed by atoms with Crippen molar-refractivity contribution in [1.29, 1.82) is 0 Å². The molecule has 0 spiro atoms. The van der Waals surface area contributed by atoms with Crippen LogP contribution in [0.4, 0.5) is 0 Å². The van der Waals surface area contributed by atoms with Crippen molar-refractivity contribution in [3.8, 4) is 0 Å². The monoisotopic (exact) mass is 217 g/mol. The Hall–Kier alpha value is -0.0800. The number of aromatic nitrogens is 1. The van der Waals surface area contributed by atoms with Crippen molar-refractivity contribution in [2.45, 2.75) is 39.0 Å². The molecule has 0 fully saturated rings. The van der Waals surface area contributed by atoms with Gasteiger partial charge in [-0.15, -0.1) is 22.9 Å². The van der Waals surface area contributed by atoms with E-state index in [1.54, 1.807) is 11.3 Å². The molecule has 1 heterocycles. The third-order valence-electron chi connectivity index (χ3n) is 2.07. The zero-order chi connectivity index (χ0) is 9.90. The van der Waals surface area contributed by atoms with Gasteiger partial charge in [0.25, 0.3) is 0 Å². The summed E-state index contributed by atoms with van der Waals surface area (Å²) in [7, 11) is 0. The van der Waals surface area contributed by atoms with E-state index in [-0.39, 0.29) is 10.8 Å². The van der Waals surface area contributed by atoms with E-state index in [9.17, 15) is 0 Å². The standard InChI is InChI=1S/C10H16ClNS/c1-10(2,3)9(11)5-4-8-6-12-7-13-8/h6-7,9H,4-5H2,1-3H3. The third kappa shape index (κ3) is 3.65. The van der Waals surface area contributed by atoms with Gasteiger partial charge in [-0.2, -0.15) is 0 Å². The van der Waals surface area contributed by atoms with Gasteiger partial charge in [-0.3, -0.25) is 4.98 Å². The van der Waals surface area contributed by atoms with Gasteiger partial charge >= 0.3 is 0 Å². The lowest BCUT2D eigenvalue weighted by Crippen LogP contribution is -2.21. The summed E-state index contributed by atoms with van der Waals surface area (Å²) in [6, 6.07) is 0. The fourth-order valence-corrected chi connectivity index (χ4v) is 1.79. The number of nitrogens with zero attached hydrogens (tertiary/aromatic N) is 1. The quantitative estimate of drug-likeness (QED) is 0.704. The molecule has 1 unspecified atom stereocenters. The molecule has 0 aliphatic carbocycles. The van der Waals surface area contributed by atoms with E-state index in [0.717, 1.165) is 12.8 Å². The Morgan fingerprint density at radius 2 is 2.23 bits per heavy atom. The normalized spacial score (nSPS) is 14.5. The molecule has 0 saturated heterocycles. The molecular weight excluding hydrogens is 202 g/mol. The molecule has 0 aliphatic rings. The molecule has 1 aromatic rings. The Balaban J connectivity index is 2.35. The van der Waals surface area contributed by atoms with E-state index >= 15 is 0 Å². The zero-order valence-corrected chi connectivity index (χ0v) is 9.95. The molecule has 0 aromatic carbocycles. The molecule has 3 heteroatoms. The van der Waals surface area contributed by atoms with Gasteiger partial charge in [0, 0.05) is 16.5 Å². The van der Waals surface area contributed by atoms with Gasteiger partial charge in [-0.25, -0.2) is 0 Å². The highest BCUT2D eigenvalue weighted by molar-refractivity contribution is 7.09. The van der Waals surface area contributed by atoms with Crippen LogP contribution in [0, 0.1) is 5.41 Å². The molecule has 0 radical (unpaired) electrons. The number of rotatable bonds is 3. The van der Waals surface area contributed by atoms with E-state index in [2.05, 4.69) is 25.8 Å². The Labute approximate surface area is 89.1 Å². The number of hydrogen-bond acceptors (Lipinski definition) is 2. The Kier molecular flexibility index (Phi) is 3.74. The van der Waals surface area contributed by atoms with Crippen LogP contribution in [0.3, 0.4) is 0 Å². The van der Waals surface area contributed by atoms with Crippen LogP contribution in [0.25, 0.3) is 0 Å². The molecule has 1 atom stereocenters. The van der Waals surface area contributed by atoms with Gasteiger partial charge in [0.1, 0.15) is 0 Å². The smallest absolute Gasteiger partial charge is 0.0794 e. The van der Waals surface area contributed by atoms with Gasteiger partial charge in [0.05, 0.1) is 5.51 Å². The highest BCUT2D eigenvalue weighted by Crippen LogP contribution is 2.28. The second-order valence-electron chi connectivity index (χ2n) is 4.34. The van der Waals surface area contributed by atoms with Crippen LogP contribution in [-0.2, 0) is 6.42 Å². The highest BCUT2D eigenvalue weighted by atomic mass is 35.5. The summed E-state index contributed by atoms with van der Waals surface area (Å²) in [6.07, 6.45) is 4.01. The van der Waals surface area contributed by atoms with E-state index in [4.69, 9.17) is 11.6 Å². The molecule has 1 aromatic heterocycles. The number of thiazole rings is 1. The minimum Gasteiger partial charge on any atom is -0.253 e. The second-order valence-corrected chi connectivity index (χ2v) is 5.84. The SMILES string of the molecule is CC(C)(C)C(Cl)CCc1cncs1. The van der Waals surface area contributed by atoms with Crippen LogP contribution in [0.2, 0.25) is 0 Å². The first-order chi connectivity index (χ1) is 6.00. The fraction of sp³-hybridized carbons (Fsp3) is 0.700. The second kappa shape index (κ2) is 4.43. The predicted octanol–water partition coefficient (Wildman–Crippen LogP) is 3.73. The Morgan fingerprint density at radius 1 is 1.54 bits per heavy atom. The molecule has 0 bridgehead atoms. The predicted molar refractivity (Wildman–Crippen MR) is 59.5 cm³/mol. The topological polar surface area (TPSA) is 12.9 Å². The van der Waals surface area contributed by atoms with Gasteiger partial charge < -0.3 is 0 Å². The van der Waals surface area contributed by atoms with E-state index in [1.165, 1.54) is 4.88 Å². The van der Waals surface area contributed by atoms with Crippen molar-refractivity contribution in [3.63, 3.8) is 0 Å². The van der Waals surface area contributed by atoms with Crippen LogP contribution >= 0.6 is 22.9 Å². The molecule has 0 saturated carbocycles. The van der Waals surface area contributed by atoms with Crippen molar-refractivity contribution >= 4 is 22.9 Å². The summed E-state index contributed by atoms with van der Waals surface area (Å²) in [5, 5.41) is 0.245. The van der Waals surface area contributed by atoms with Crippen molar-refractivity contribution < 1.29 is 0 Å². The fourth-order valence-electron chi connectivity index (χ4n) is 1.07. The largest absolute Gasteiger partial charge is 0.253 e. The van der Waals surface area contributed by atoms with Crippen molar-refractivity contribution in [2.75, 3.05) is 0 Å². The van der Waals surface area contributed by atoms with E-state index < -0.39 is 0 Å². The molecule has 0 amide bonds. The first kappa shape index (κ1) is 11.0. The minimum atomic E-state index is 0.201. The molecule has 1 rings (SSSR count). The summed E-state index contributed by atoms with van der Waals surface area (Å²) in [4.78, 5) is 5.37. The number of alkyl halides is 1. The van der Waals surface area contributed by atoms with Crippen LogP contribution in [0.5, 0.6) is 0 Å². The lowest BCUT2D eigenvalue weighted by molar-refractivity contribution is 0.374. The number of halogens is 1. The first-order valence-corrected chi connectivity index (χ1v) is 5.83. The van der Waals surface area contributed by atoms with E-state index in [0.29, 0.717) is 0 Å². The van der Waals surface area contributed by atoms with Crippen molar-refractivity contribution in [1.82, 2.24) is 4.98 Å². The zero-order valence-electron chi connectivity index (χ0n) is 8.38. The third-order valence-corrected chi connectivity index (χ3v) is 3.78. The van der Waals surface area contributed by atoms with Gasteiger partial charge in [-0.05, 0) is 18.3 Å². The maximum absolute atomic E-state index is 6.26. The molecule has 74 valence electrons. The first-order valence-electron chi connectivity index (χ1n) is 4.51. The maximum atomic E-state index is 6.26. The summed E-state index contributed by atoms with van der Waals surface area (Å²) >= 11 is 7.96. The Bertz CT molecular complexity index is 238. The average Bonchev–Trinajstić information content (AvgIpc) is 2.50. The van der Waals surface area contributed by atoms with Crippen LogP contribution in [-0.4, -0.2) is 10.4 Å². The van der Waals surface area contributed by atoms with Gasteiger partial charge in [0.15, 0.2) is 0 Å². The molecule has 13 heavy (non-hydrogen) atoms. The molecule has 1 nitrogen and oxygen atoms in total.